The molecule has 0 fully saturated rings. The van der Waals surface area contributed by atoms with E-state index in [4.69, 9.17) is 4.74 Å². The summed E-state index contributed by atoms with van der Waals surface area (Å²) in [6, 6.07) is 5.52. The summed E-state index contributed by atoms with van der Waals surface area (Å²) in [6.07, 6.45) is 0. The van der Waals surface area contributed by atoms with Crippen LogP contribution in [0.25, 0.3) is 11.1 Å². The molecule has 0 bridgehead atoms. The molecule has 0 aliphatic carbocycles. The van der Waals surface area contributed by atoms with E-state index < -0.39 is 16.5 Å². The second-order valence-corrected chi connectivity index (χ2v) is 6.18. The first-order valence-corrected chi connectivity index (χ1v) is 7.17. The molecule has 126 valence electrons. The van der Waals surface area contributed by atoms with E-state index in [9.17, 15) is 19.7 Å². The van der Waals surface area contributed by atoms with Gasteiger partial charge in [-0.15, -0.1) is 0 Å². The minimum Gasteiger partial charge on any atom is -0.455 e. The van der Waals surface area contributed by atoms with Crippen LogP contribution in [0.3, 0.4) is 0 Å². The number of hydrogen-bond acceptors (Lipinski definition) is 6. The van der Waals surface area contributed by atoms with E-state index in [1.807, 2.05) is 0 Å². The zero-order chi connectivity index (χ0) is 18.1. The molecule has 0 spiro atoms. The number of benzene rings is 1. The quantitative estimate of drug-likeness (QED) is 0.398. The van der Waals surface area contributed by atoms with Crippen molar-refractivity contribution in [3.63, 3.8) is 0 Å². The van der Waals surface area contributed by atoms with Crippen molar-refractivity contribution < 1.29 is 19.2 Å². The van der Waals surface area contributed by atoms with Crippen molar-refractivity contribution in [2.75, 3.05) is 0 Å². The molecule has 0 saturated heterocycles. The summed E-state index contributed by atoms with van der Waals surface area (Å²) in [4.78, 5) is 34.4. The SMILES string of the molecule is CC(=O)c1n[nH]c(C(=O)OC(C)(C)C)c1-c1ccc([N+](=O)[O-])cc1. The van der Waals surface area contributed by atoms with Crippen molar-refractivity contribution in [1.29, 1.82) is 0 Å². The van der Waals surface area contributed by atoms with Crippen LogP contribution in [0, 0.1) is 10.1 Å². The second kappa shape index (κ2) is 6.23. The number of H-pyrrole nitrogens is 1. The second-order valence-electron chi connectivity index (χ2n) is 6.18. The first-order valence-electron chi connectivity index (χ1n) is 7.17. The van der Waals surface area contributed by atoms with Crippen LogP contribution in [-0.2, 0) is 4.74 Å². The van der Waals surface area contributed by atoms with Gasteiger partial charge >= 0.3 is 5.97 Å². The van der Waals surface area contributed by atoms with Crippen molar-refractivity contribution in [3.8, 4) is 11.1 Å². The number of carbonyl (C=O) groups excluding carboxylic acids is 2. The van der Waals surface area contributed by atoms with Gasteiger partial charge in [0.2, 0.25) is 0 Å². The maximum absolute atomic E-state index is 12.4. The zero-order valence-corrected chi connectivity index (χ0v) is 13.7. The Kier molecular flexibility index (Phi) is 4.50. The van der Waals surface area contributed by atoms with Crippen LogP contribution < -0.4 is 0 Å². The Morgan fingerprint density at radius 1 is 1.21 bits per heavy atom. The highest BCUT2D eigenvalue weighted by atomic mass is 16.6. The van der Waals surface area contributed by atoms with E-state index >= 15 is 0 Å². The molecule has 1 N–H and O–H groups in total. The number of nitro benzene ring substituents is 1. The predicted molar refractivity (Wildman–Crippen MR) is 85.9 cm³/mol. The van der Waals surface area contributed by atoms with E-state index in [0.717, 1.165) is 0 Å². The molecule has 1 aromatic carbocycles. The number of non-ortho nitro benzene ring substituents is 1. The van der Waals surface area contributed by atoms with Crippen molar-refractivity contribution in [2.24, 2.45) is 0 Å². The van der Waals surface area contributed by atoms with E-state index in [2.05, 4.69) is 10.2 Å². The number of ketones is 1. The van der Waals surface area contributed by atoms with Crippen LogP contribution >= 0.6 is 0 Å². The summed E-state index contributed by atoms with van der Waals surface area (Å²) in [5.41, 5.74) is 0.0249. The molecular weight excluding hydrogens is 314 g/mol. The molecule has 0 amide bonds. The first kappa shape index (κ1) is 17.3. The monoisotopic (exact) mass is 331 g/mol. The van der Waals surface area contributed by atoms with Gasteiger partial charge in [-0.05, 0) is 38.5 Å². The van der Waals surface area contributed by atoms with Crippen LogP contribution in [0.2, 0.25) is 0 Å². The Labute approximate surface area is 138 Å². The third kappa shape index (κ3) is 3.65. The van der Waals surface area contributed by atoms with Gasteiger partial charge in [-0.3, -0.25) is 20.0 Å². The molecule has 1 heterocycles. The van der Waals surface area contributed by atoms with E-state index in [1.165, 1.54) is 31.2 Å². The van der Waals surface area contributed by atoms with Crippen molar-refractivity contribution in [1.82, 2.24) is 10.2 Å². The van der Waals surface area contributed by atoms with Gasteiger partial charge < -0.3 is 4.74 Å². The zero-order valence-electron chi connectivity index (χ0n) is 13.7. The molecule has 0 radical (unpaired) electrons. The Morgan fingerprint density at radius 3 is 2.25 bits per heavy atom. The number of esters is 1. The fraction of sp³-hybridized carbons (Fsp3) is 0.312. The summed E-state index contributed by atoms with van der Waals surface area (Å²) in [5, 5.41) is 17.2. The molecular formula is C16H17N3O5. The van der Waals surface area contributed by atoms with Gasteiger partial charge in [0, 0.05) is 24.6 Å². The number of aromatic nitrogens is 2. The highest BCUT2D eigenvalue weighted by Gasteiger charge is 2.27. The van der Waals surface area contributed by atoms with Crippen LogP contribution in [0.4, 0.5) is 5.69 Å². The predicted octanol–water partition coefficient (Wildman–Crippen LogP) is 3.14. The van der Waals surface area contributed by atoms with E-state index in [1.54, 1.807) is 20.8 Å². The summed E-state index contributed by atoms with van der Waals surface area (Å²) in [5.74, 6) is -0.995. The summed E-state index contributed by atoms with van der Waals surface area (Å²) in [7, 11) is 0. The summed E-state index contributed by atoms with van der Waals surface area (Å²) >= 11 is 0. The van der Waals surface area contributed by atoms with E-state index in [-0.39, 0.29) is 28.4 Å². The van der Waals surface area contributed by atoms with Crippen molar-refractivity contribution in [2.45, 2.75) is 33.3 Å². The smallest absolute Gasteiger partial charge is 0.357 e. The number of ether oxygens (including phenoxy) is 1. The molecule has 2 aromatic rings. The molecule has 1 aromatic heterocycles. The third-order valence-electron chi connectivity index (χ3n) is 3.07. The summed E-state index contributed by atoms with van der Waals surface area (Å²) in [6.45, 7) is 6.49. The number of nitrogens with zero attached hydrogens (tertiary/aromatic N) is 2. The third-order valence-corrected chi connectivity index (χ3v) is 3.07. The first-order chi connectivity index (χ1) is 11.1. The Hall–Kier alpha value is -3.03. The standard InChI is InChI=1S/C16H17N3O5/c1-9(20)13-12(10-5-7-11(8-6-10)19(22)23)14(18-17-13)15(21)24-16(2,3)4/h5-8H,1-4H3,(H,17,18). The van der Waals surface area contributed by atoms with Gasteiger partial charge in [0.05, 0.1) is 4.92 Å². The number of hydrogen-bond donors (Lipinski definition) is 1. The molecule has 0 unspecified atom stereocenters. The Bertz CT molecular complexity index is 800. The number of nitro groups is 1. The van der Waals surface area contributed by atoms with Crippen LogP contribution in [0.1, 0.15) is 48.7 Å². The number of rotatable bonds is 4. The van der Waals surface area contributed by atoms with Gasteiger partial charge in [-0.2, -0.15) is 5.10 Å². The molecule has 8 nitrogen and oxygen atoms in total. The van der Waals surface area contributed by atoms with Crippen LogP contribution in [0.15, 0.2) is 24.3 Å². The lowest BCUT2D eigenvalue weighted by Gasteiger charge is -2.19. The molecule has 0 aliphatic rings. The Morgan fingerprint density at radius 2 is 1.79 bits per heavy atom. The topological polar surface area (TPSA) is 115 Å². The van der Waals surface area contributed by atoms with Crippen LogP contribution in [0.5, 0.6) is 0 Å². The maximum Gasteiger partial charge on any atom is 0.357 e. The molecule has 24 heavy (non-hydrogen) atoms. The van der Waals surface area contributed by atoms with Gasteiger partial charge in [0.15, 0.2) is 11.5 Å². The number of Topliss-reactive ketones (excluding diaryl/α,β-unsaturated/α-hetero) is 1. The largest absolute Gasteiger partial charge is 0.455 e. The van der Waals surface area contributed by atoms with Gasteiger partial charge in [0.1, 0.15) is 11.3 Å². The minimum atomic E-state index is -0.717. The van der Waals surface area contributed by atoms with Gasteiger partial charge in [-0.25, -0.2) is 4.79 Å². The average Bonchev–Trinajstić information content (AvgIpc) is 2.90. The normalized spacial score (nSPS) is 11.2. The number of aromatic amines is 1. The number of carbonyl (C=O) groups is 2. The maximum atomic E-state index is 12.4. The lowest BCUT2D eigenvalue weighted by molar-refractivity contribution is -0.384. The Balaban J connectivity index is 2.54. The lowest BCUT2D eigenvalue weighted by atomic mass is 10.0. The van der Waals surface area contributed by atoms with Crippen molar-refractivity contribution >= 4 is 17.4 Å². The molecule has 0 atom stereocenters. The fourth-order valence-corrected chi connectivity index (χ4v) is 2.10. The molecule has 0 aliphatic heterocycles. The molecule has 8 heteroatoms. The highest BCUT2D eigenvalue weighted by molar-refractivity contribution is 6.05. The van der Waals surface area contributed by atoms with E-state index in [0.29, 0.717) is 5.56 Å². The highest BCUT2D eigenvalue weighted by Crippen LogP contribution is 2.29. The van der Waals surface area contributed by atoms with Crippen LogP contribution in [-0.4, -0.2) is 32.5 Å². The lowest BCUT2D eigenvalue weighted by Crippen LogP contribution is -2.24. The fourth-order valence-electron chi connectivity index (χ4n) is 2.10. The average molecular weight is 331 g/mol. The van der Waals surface area contributed by atoms with Gasteiger partial charge in [-0.1, -0.05) is 0 Å². The van der Waals surface area contributed by atoms with Gasteiger partial charge in [0.25, 0.3) is 5.69 Å². The summed E-state index contributed by atoms with van der Waals surface area (Å²) < 4.78 is 5.31. The molecule has 0 saturated carbocycles. The number of nitrogens with one attached hydrogen (secondary N) is 1. The molecule has 2 rings (SSSR count). The minimum absolute atomic E-state index is 0.0315. The van der Waals surface area contributed by atoms with Crippen molar-refractivity contribution in [3.05, 3.63) is 45.8 Å².